The van der Waals surface area contributed by atoms with Gasteiger partial charge in [0.2, 0.25) is 5.91 Å². The van der Waals surface area contributed by atoms with Gasteiger partial charge in [0.25, 0.3) is 10.0 Å². The Morgan fingerprint density at radius 1 is 1.32 bits per heavy atom. The van der Waals surface area contributed by atoms with Crippen molar-refractivity contribution in [1.29, 1.82) is 0 Å². The van der Waals surface area contributed by atoms with Gasteiger partial charge < -0.3 is 10.2 Å². The second-order valence-corrected chi connectivity index (χ2v) is 7.79. The zero-order chi connectivity index (χ0) is 17.3. The predicted octanol–water partition coefficient (Wildman–Crippen LogP) is 0.746. The summed E-state index contributed by atoms with van der Waals surface area (Å²) >= 11 is 0. The maximum absolute atomic E-state index is 12.6. The molecule has 25 heavy (non-hydrogen) atoms. The third-order valence-electron chi connectivity index (χ3n) is 4.56. The lowest BCUT2D eigenvalue weighted by Gasteiger charge is -2.32. The van der Waals surface area contributed by atoms with Crippen molar-refractivity contribution in [3.05, 3.63) is 29.8 Å². The van der Waals surface area contributed by atoms with E-state index in [1.165, 1.54) is 6.07 Å². The van der Waals surface area contributed by atoms with Crippen LogP contribution in [-0.2, 0) is 14.8 Å². The van der Waals surface area contributed by atoms with E-state index in [0.29, 0.717) is 24.7 Å². The average molecular weight is 387 g/mol. The lowest BCUT2D eigenvalue weighted by Crippen LogP contribution is -2.46. The lowest BCUT2D eigenvalue weighted by molar-refractivity contribution is -0.133. The third kappa shape index (κ3) is 3.96. The van der Waals surface area contributed by atoms with Crippen molar-refractivity contribution < 1.29 is 13.2 Å². The fourth-order valence-electron chi connectivity index (χ4n) is 3.13. The topological polar surface area (TPSA) is 90.9 Å². The van der Waals surface area contributed by atoms with E-state index < -0.39 is 16.1 Å². The SMILES string of the molecule is CNC1CCN(C(=O)C(C)N=C2NS(=O)(=O)c3ccccc32)CC1.Cl. The summed E-state index contributed by atoms with van der Waals surface area (Å²) in [6.45, 7) is 3.10. The molecule has 2 N–H and O–H groups in total. The van der Waals surface area contributed by atoms with Crippen LogP contribution >= 0.6 is 12.4 Å². The van der Waals surface area contributed by atoms with Crippen LogP contribution in [0.1, 0.15) is 25.3 Å². The van der Waals surface area contributed by atoms with E-state index in [1.54, 1.807) is 30.0 Å². The van der Waals surface area contributed by atoms with Crippen molar-refractivity contribution in [1.82, 2.24) is 14.9 Å². The molecule has 1 amide bonds. The monoisotopic (exact) mass is 386 g/mol. The summed E-state index contributed by atoms with van der Waals surface area (Å²) in [6.07, 6.45) is 1.84. The molecule has 0 bridgehead atoms. The summed E-state index contributed by atoms with van der Waals surface area (Å²) in [5, 5.41) is 3.23. The quantitative estimate of drug-likeness (QED) is 0.801. The van der Waals surface area contributed by atoms with E-state index in [2.05, 4.69) is 15.0 Å². The van der Waals surface area contributed by atoms with Crippen LogP contribution in [0, 0.1) is 0 Å². The molecule has 7 nitrogen and oxygen atoms in total. The van der Waals surface area contributed by atoms with E-state index >= 15 is 0 Å². The molecule has 1 aromatic rings. The van der Waals surface area contributed by atoms with Crippen LogP contribution in [-0.4, -0.2) is 57.3 Å². The minimum Gasteiger partial charge on any atom is -0.341 e. The molecule has 9 heteroatoms. The number of hydrogen-bond donors (Lipinski definition) is 2. The van der Waals surface area contributed by atoms with Gasteiger partial charge in [-0.1, -0.05) is 12.1 Å². The summed E-state index contributed by atoms with van der Waals surface area (Å²) in [5.41, 5.74) is 0.519. The van der Waals surface area contributed by atoms with Crippen LogP contribution in [0.4, 0.5) is 0 Å². The van der Waals surface area contributed by atoms with E-state index in [-0.39, 0.29) is 29.0 Å². The molecule has 1 atom stereocenters. The molecule has 2 heterocycles. The highest BCUT2D eigenvalue weighted by atomic mass is 35.5. The zero-order valence-electron chi connectivity index (χ0n) is 14.2. The number of nitrogens with zero attached hydrogens (tertiary/aromatic N) is 2. The maximum atomic E-state index is 12.6. The van der Waals surface area contributed by atoms with E-state index in [1.807, 2.05) is 7.05 Å². The van der Waals surface area contributed by atoms with Crippen molar-refractivity contribution >= 4 is 34.2 Å². The Morgan fingerprint density at radius 3 is 2.60 bits per heavy atom. The molecule has 1 saturated heterocycles. The molecule has 1 unspecified atom stereocenters. The molecule has 3 rings (SSSR count). The van der Waals surface area contributed by atoms with Crippen LogP contribution in [0.15, 0.2) is 34.2 Å². The molecule has 0 aliphatic carbocycles. The van der Waals surface area contributed by atoms with Crippen molar-refractivity contribution in [2.75, 3.05) is 20.1 Å². The number of sulfonamides is 1. The van der Waals surface area contributed by atoms with Gasteiger partial charge in [0, 0.05) is 24.7 Å². The number of carbonyl (C=O) groups is 1. The van der Waals surface area contributed by atoms with Crippen molar-refractivity contribution in [3.8, 4) is 0 Å². The van der Waals surface area contributed by atoms with Crippen molar-refractivity contribution in [3.63, 3.8) is 0 Å². The van der Waals surface area contributed by atoms with Gasteiger partial charge in [-0.2, -0.15) is 0 Å². The van der Waals surface area contributed by atoms with Gasteiger partial charge in [0.05, 0.1) is 4.90 Å². The van der Waals surface area contributed by atoms with Crippen LogP contribution in [0.2, 0.25) is 0 Å². The fraction of sp³-hybridized carbons (Fsp3) is 0.500. The van der Waals surface area contributed by atoms with Crippen LogP contribution in [0.3, 0.4) is 0 Å². The largest absolute Gasteiger partial charge is 0.341 e. The van der Waals surface area contributed by atoms with E-state index in [9.17, 15) is 13.2 Å². The first kappa shape index (κ1) is 19.7. The van der Waals surface area contributed by atoms with Crippen LogP contribution < -0.4 is 10.0 Å². The number of nitrogens with one attached hydrogen (secondary N) is 2. The molecule has 0 saturated carbocycles. The zero-order valence-corrected chi connectivity index (χ0v) is 15.9. The normalized spacial score (nSPS) is 22.0. The van der Waals surface area contributed by atoms with Gasteiger partial charge in [-0.3, -0.25) is 14.5 Å². The Kier molecular flexibility index (Phi) is 6.08. The van der Waals surface area contributed by atoms with Gasteiger partial charge in [-0.15, -0.1) is 12.4 Å². The summed E-state index contributed by atoms with van der Waals surface area (Å²) in [6, 6.07) is 6.48. The predicted molar refractivity (Wildman–Crippen MR) is 98.7 cm³/mol. The maximum Gasteiger partial charge on any atom is 0.263 e. The number of benzene rings is 1. The first-order chi connectivity index (χ1) is 11.4. The molecule has 1 aromatic carbocycles. The Morgan fingerprint density at radius 2 is 1.96 bits per heavy atom. The number of halogens is 1. The van der Waals surface area contributed by atoms with Crippen molar-refractivity contribution in [2.45, 2.75) is 36.7 Å². The number of likely N-dealkylation sites (tertiary alicyclic amines) is 1. The minimum absolute atomic E-state index is 0. The lowest BCUT2D eigenvalue weighted by atomic mass is 10.0. The Labute approximate surface area is 154 Å². The van der Waals surface area contributed by atoms with Crippen LogP contribution in [0.25, 0.3) is 0 Å². The molecule has 2 aliphatic rings. The highest BCUT2D eigenvalue weighted by molar-refractivity contribution is 7.90. The number of hydrogen-bond acceptors (Lipinski definition) is 5. The Hall–Kier alpha value is -1.64. The number of carbonyl (C=O) groups excluding carboxylic acids is 1. The Bertz CT molecular complexity index is 773. The van der Waals surface area contributed by atoms with Gasteiger partial charge >= 0.3 is 0 Å². The molecular weight excluding hydrogens is 364 g/mol. The second-order valence-electron chi connectivity index (χ2n) is 6.14. The molecule has 0 radical (unpaired) electrons. The number of amides is 1. The molecular formula is C16H23ClN4O3S. The summed E-state index contributed by atoms with van der Waals surface area (Å²) in [4.78, 5) is 18.9. The first-order valence-corrected chi connectivity index (χ1v) is 9.57. The summed E-state index contributed by atoms with van der Waals surface area (Å²) in [7, 11) is -1.64. The number of fused-ring (bicyclic) bond motifs is 1. The third-order valence-corrected chi connectivity index (χ3v) is 5.95. The highest BCUT2D eigenvalue weighted by Crippen LogP contribution is 2.23. The molecule has 138 valence electrons. The number of aliphatic imine (C=N–C) groups is 1. The number of piperidine rings is 1. The van der Waals surface area contributed by atoms with E-state index in [4.69, 9.17) is 0 Å². The number of rotatable bonds is 3. The van der Waals surface area contributed by atoms with Crippen molar-refractivity contribution in [2.24, 2.45) is 4.99 Å². The molecule has 0 spiro atoms. The summed E-state index contributed by atoms with van der Waals surface area (Å²) < 4.78 is 26.6. The smallest absolute Gasteiger partial charge is 0.263 e. The first-order valence-electron chi connectivity index (χ1n) is 8.08. The van der Waals surface area contributed by atoms with Gasteiger partial charge in [0.1, 0.15) is 11.9 Å². The molecule has 1 fully saturated rings. The molecule has 2 aliphatic heterocycles. The second kappa shape index (κ2) is 7.72. The minimum atomic E-state index is -3.58. The van der Waals surface area contributed by atoms with Gasteiger partial charge in [-0.05, 0) is 38.9 Å². The van der Waals surface area contributed by atoms with Crippen LogP contribution in [0.5, 0.6) is 0 Å². The highest BCUT2D eigenvalue weighted by Gasteiger charge is 2.32. The fourth-order valence-corrected chi connectivity index (χ4v) is 4.37. The number of amidine groups is 1. The van der Waals surface area contributed by atoms with Gasteiger partial charge in [-0.25, -0.2) is 8.42 Å². The average Bonchev–Trinajstić information content (AvgIpc) is 2.85. The molecule has 0 aromatic heterocycles. The summed E-state index contributed by atoms with van der Waals surface area (Å²) in [5.74, 6) is 0.178. The Balaban J connectivity index is 0.00000225. The van der Waals surface area contributed by atoms with Gasteiger partial charge in [0.15, 0.2) is 0 Å². The standard InChI is InChI=1S/C16H22N4O3S.ClH/c1-11(16(21)20-9-7-12(17-2)8-10-20)18-15-13-5-3-4-6-14(13)24(22,23)19-15;/h3-6,11-12,17H,7-10H2,1-2H3,(H,18,19);1H. The van der Waals surface area contributed by atoms with E-state index in [0.717, 1.165) is 12.8 Å².